The molecule has 8 heteroatoms. The molecule has 4 N–H and O–H groups in total. The Morgan fingerprint density at radius 3 is 2.52 bits per heavy atom. The Hall–Kier alpha value is -2.42. The molecule has 0 aromatic heterocycles. The Morgan fingerprint density at radius 2 is 1.92 bits per heavy atom. The number of Topliss-reactive ketones (excluding diaryl/α,β-unsaturated/α-hetero) is 1. The molecule has 3 rings (SSSR count). The molecular formula is C17H18O8. The van der Waals surface area contributed by atoms with Gasteiger partial charge >= 0.3 is 5.97 Å². The fourth-order valence-corrected chi connectivity index (χ4v) is 3.12. The second-order valence-electron chi connectivity index (χ2n) is 6.42. The molecule has 1 unspecified atom stereocenters. The van der Waals surface area contributed by atoms with E-state index in [-0.39, 0.29) is 34.0 Å². The number of fused-ring (bicyclic) bond motifs is 2. The van der Waals surface area contributed by atoms with Gasteiger partial charge in [-0.1, -0.05) is 0 Å². The predicted molar refractivity (Wildman–Crippen MR) is 82.9 cm³/mol. The number of rotatable bonds is 1. The molecule has 1 aromatic rings. The summed E-state index contributed by atoms with van der Waals surface area (Å²) in [7, 11) is 0. The Labute approximate surface area is 142 Å². The molecule has 2 aliphatic rings. The van der Waals surface area contributed by atoms with Crippen LogP contribution in [0, 0.1) is 6.92 Å². The third kappa shape index (κ3) is 2.33. The number of aromatic hydroxyl groups is 1. The lowest BCUT2D eigenvalue weighted by Crippen LogP contribution is -2.59. The number of hydrogen-bond donors (Lipinski definition) is 4. The summed E-state index contributed by atoms with van der Waals surface area (Å²) in [4.78, 5) is 24.7. The van der Waals surface area contributed by atoms with Crippen LogP contribution < -0.4 is 4.74 Å². The van der Waals surface area contributed by atoms with E-state index in [0.29, 0.717) is 5.56 Å². The van der Waals surface area contributed by atoms with Gasteiger partial charge in [-0.3, -0.25) is 4.79 Å². The number of aliphatic hydroxyl groups excluding tert-OH is 2. The third-order valence-electron chi connectivity index (χ3n) is 4.67. The number of aryl methyl sites for hydroxylation is 1. The van der Waals surface area contributed by atoms with E-state index in [9.17, 15) is 30.0 Å². The average molecular weight is 350 g/mol. The molecule has 0 saturated heterocycles. The number of carbonyl (C=O) groups is 2. The molecule has 0 fully saturated rings. The largest absolute Gasteiger partial charge is 0.507 e. The summed E-state index contributed by atoms with van der Waals surface area (Å²) in [6.07, 6.45) is -3.16. The van der Waals surface area contributed by atoms with Crippen molar-refractivity contribution in [2.75, 3.05) is 0 Å². The minimum atomic E-state index is -2.08. The van der Waals surface area contributed by atoms with Gasteiger partial charge in [-0.2, -0.15) is 0 Å². The van der Waals surface area contributed by atoms with Gasteiger partial charge < -0.3 is 29.9 Å². The van der Waals surface area contributed by atoms with E-state index in [4.69, 9.17) is 9.47 Å². The molecule has 0 saturated carbocycles. The van der Waals surface area contributed by atoms with E-state index < -0.39 is 36.2 Å². The number of benzene rings is 1. The van der Waals surface area contributed by atoms with Crippen LogP contribution in [-0.2, 0) is 16.1 Å². The molecule has 25 heavy (non-hydrogen) atoms. The van der Waals surface area contributed by atoms with E-state index in [1.165, 1.54) is 19.9 Å². The highest BCUT2D eigenvalue weighted by Gasteiger charge is 2.54. The fraction of sp³-hybridized carbons (Fsp3) is 0.412. The van der Waals surface area contributed by atoms with Gasteiger partial charge in [0.05, 0.1) is 12.2 Å². The quantitative estimate of drug-likeness (QED) is 0.523. The molecule has 0 amide bonds. The van der Waals surface area contributed by atoms with Crippen LogP contribution in [0.4, 0.5) is 0 Å². The maximum Gasteiger partial charge on any atom is 0.347 e. The van der Waals surface area contributed by atoms with Crippen molar-refractivity contribution >= 4 is 11.8 Å². The van der Waals surface area contributed by atoms with Gasteiger partial charge in [0, 0.05) is 5.57 Å². The molecule has 1 aliphatic carbocycles. The van der Waals surface area contributed by atoms with Crippen molar-refractivity contribution in [1.29, 1.82) is 0 Å². The normalized spacial score (nSPS) is 28.7. The molecule has 1 aliphatic heterocycles. The van der Waals surface area contributed by atoms with Crippen molar-refractivity contribution < 1.29 is 39.5 Å². The SMILES string of the molecule is CC1=C2OC(=O)c3c(C)cc(O)c(CO)c3OC2[C@](C)(O)[C@H](O)C1=O. The van der Waals surface area contributed by atoms with Crippen LogP contribution in [0.15, 0.2) is 17.4 Å². The van der Waals surface area contributed by atoms with Crippen LogP contribution in [0.5, 0.6) is 11.5 Å². The lowest BCUT2D eigenvalue weighted by molar-refractivity contribution is -0.156. The highest BCUT2D eigenvalue weighted by molar-refractivity contribution is 6.03. The van der Waals surface area contributed by atoms with Gasteiger partial charge in [0.2, 0.25) is 0 Å². The van der Waals surface area contributed by atoms with Gasteiger partial charge in [-0.15, -0.1) is 0 Å². The second kappa shape index (κ2) is 5.55. The molecule has 1 aromatic carbocycles. The van der Waals surface area contributed by atoms with Gasteiger partial charge in [0.15, 0.2) is 17.6 Å². The number of phenols is 1. The molecule has 8 nitrogen and oxygen atoms in total. The van der Waals surface area contributed by atoms with Gasteiger partial charge in [0.1, 0.15) is 28.8 Å². The van der Waals surface area contributed by atoms with Crippen LogP contribution in [-0.4, -0.2) is 50.0 Å². The first-order valence-electron chi connectivity index (χ1n) is 7.61. The number of aliphatic hydroxyl groups is 3. The maximum absolute atomic E-state index is 12.6. The Balaban J connectivity index is 2.30. The first-order chi connectivity index (χ1) is 11.6. The van der Waals surface area contributed by atoms with Crippen molar-refractivity contribution in [1.82, 2.24) is 0 Å². The number of ether oxygens (including phenoxy) is 2. The van der Waals surface area contributed by atoms with Crippen LogP contribution >= 0.6 is 0 Å². The van der Waals surface area contributed by atoms with E-state index >= 15 is 0 Å². The average Bonchev–Trinajstić information content (AvgIpc) is 2.69. The Morgan fingerprint density at radius 1 is 1.28 bits per heavy atom. The van der Waals surface area contributed by atoms with Gasteiger partial charge in [0.25, 0.3) is 0 Å². The molecule has 0 radical (unpaired) electrons. The van der Waals surface area contributed by atoms with Crippen molar-refractivity contribution in [2.24, 2.45) is 0 Å². The van der Waals surface area contributed by atoms with E-state index in [2.05, 4.69) is 0 Å². The number of esters is 1. The Bertz CT molecular complexity index is 820. The zero-order chi connectivity index (χ0) is 18.7. The lowest BCUT2D eigenvalue weighted by atomic mass is 9.80. The second-order valence-corrected chi connectivity index (χ2v) is 6.42. The van der Waals surface area contributed by atoms with Crippen LogP contribution in [0.2, 0.25) is 0 Å². The monoisotopic (exact) mass is 350 g/mol. The summed E-state index contributed by atoms with van der Waals surface area (Å²) in [6, 6.07) is 1.28. The maximum atomic E-state index is 12.6. The van der Waals surface area contributed by atoms with Crippen LogP contribution in [0.1, 0.15) is 35.3 Å². The third-order valence-corrected chi connectivity index (χ3v) is 4.67. The molecule has 3 atom stereocenters. The minimum Gasteiger partial charge on any atom is -0.507 e. The zero-order valence-electron chi connectivity index (χ0n) is 13.9. The fourth-order valence-electron chi connectivity index (χ4n) is 3.12. The minimum absolute atomic E-state index is 0.0331. The Kier molecular flexibility index (Phi) is 3.86. The van der Waals surface area contributed by atoms with Crippen molar-refractivity contribution in [3.05, 3.63) is 34.1 Å². The number of hydrogen-bond acceptors (Lipinski definition) is 8. The first kappa shape index (κ1) is 17.4. The highest BCUT2D eigenvalue weighted by atomic mass is 16.6. The van der Waals surface area contributed by atoms with E-state index in [0.717, 1.165) is 0 Å². The summed E-state index contributed by atoms with van der Waals surface area (Å²) in [5, 5.41) is 40.3. The van der Waals surface area contributed by atoms with Crippen molar-refractivity contribution in [3.63, 3.8) is 0 Å². The first-order valence-corrected chi connectivity index (χ1v) is 7.61. The highest BCUT2D eigenvalue weighted by Crippen LogP contribution is 2.43. The summed E-state index contributed by atoms with van der Waals surface area (Å²) in [5.74, 6) is -2.27. The topological polar surface area (TPSA) is 134 Å². The van der Waals surface area contributed by atoms with Crippen LogP contribution in [0.3, 0.4) is 0 Å². The van der Waals surface area contributed by atoms with Crippen molar-refractivity contribution in [3.8, 4) is 11.5 Å². The molecule has 0 bridgehead atoms. The van der Waals surface area contributed by atoms with E-state index in [1.807, 2.05) is 0 Å². The van der Waals surface area contributed by atoms with Crippen LogP contribution in [0.25, 0.3) is 0 Å². The summed E-state index contributed by atoms with van der Waals surface area (Å²) >= 11 is 0. The zero-order valence-corrected chi connectivity index (χ0v) is 13.9. The summed E-state index contributed by atoms with van der Waals surface area (Å²) in [5.41, 5.74) is -1.89. The summed E-state index contributed by atoms with van der Waals surface area (Å²) in [6.45, 7) is 3.45. The predicted octanol–water partition coefficient (Wildman–Crippen LogP) is 0.0793. The van der Waals surface area contributed by atoms with Crippen molar-refractivity contribution in [2.45, 2.75) is 45.2 Å². The lowest BCUT2D eigenvalue weighted by Gasteiger charge is -2.39. The molecule has 1 heterocycles. The smallest absolute Gasteiger partial charge is 0.347 e. The molecular weight excluding hydrogens is 332 g/mol. The van der Waals surface area contributed by atoms with E-state index in [1.54, 1.807) is 6.92 Å². The molecule has 0 spiro atoms. The van der Waals surface area contributed by atoms with Gasteiger partial charge in [-0.05, 0) is 32.4 Å². The number of ketones is 1. The summed E-state index contributed by atoms with van der Waals surface area (Å²) < 4.78 is 11.0. The standard InChI is InChI=1S/C17H18O8/c1-6-4-9(19)8(5-18)13-10(6)16(22)25-12-7(2)11(20)14(21)17(3,23)15(12)24-13/h4,14-15,18-19,21,23H,5H2,1-3H3/t14-,15?,17-/m1/s1. The molecule has 134 valence electrons. The van der Waals surface area contributed by atoms with Gasteiger partial charge in [-0.25, -0.2) is 4.79 Å². The number of carbonyl (C=O) groups excluding carboxylic acids is 2.